The topological polar surface area (TPSA) is 32.3 Å². The van der Waals surface area contributed by atoms with Gasteiger partial charge in [-0.15, -0.1) is 0 Å². The maximum absolute atomic E-state index is 12.8. The first-order chi connectivity index (χ1) is 12.4. The van der Waals surface area contributed by atoms with Gasteiger partial charge in [-0.05, 0) is 53.5 Å². The van der Waals surface area contributed by atoms with Crippen LogP contribution in [0.15, 0.2) is 42.5 Å². The van der Waals surface area contributed by atoms with E-state index in [1.54, 1.807) is 0 Å². The minimum Gasteiger partial charge on any atom is -0.371 e. The van der Waals surface area contributed by atoms with E-state index in [-0.39, 0.29) is 17.4 Å². The third-order valence-corrected chi connectivity index (χ3v) is 5.72. The standard InChI is InChI=1S/C23H28N2O/c1-23(2,3)18-11-9-17(10-12-18)22(26)24-20-13-15-25-14-5-7-16-6-4-8-19(20)21(16)25/h4,6,8-12,20H,5,7,13-15H2,1-3H3,(H,24,26)/t20-/m1/s1. The summed E-state index contributed by atoms with van der Waals surface area (Å²) in [7, 11) is 0. The van der Waals surface area contributed by atoms with E-state index in [9.17, 15) is 4.79 Å². The van der Waals surface area contributed by atoms with Crippen molar-refractivity contribution in [1.29, 1.82) is 0 Å². The van der Waals surface area contributed by atoms with Gasteiger partial charge in [0.1, 0.15) is 0 Å². The van der Waals surface area contributed by atoms with Crippen molar-refractivity contribution in [3.05, 3.63) is 64.7 Å². The molecule has 0 aliphatic carbocycles. The summed E-state index contributed by atoms with van der Waals surface area (Å²) in [6.07, 6.45) is 3.35. The summed E-state index contributed by atoms with van der Waals surface area (Å²) in [5.41, 5.74) is 6.18. The molecule has 0 spiro atoms. The third-order valence-electron chi connectivity index (χ3n) is 5.72. The Balaban J connectivity index is 1.55. The highest BCUT2D eigenvalue weighted by atomic mass is 16.1. The number of nitrogens with zero attached hydrogens (tertiary/aromatic N) is 1. The van der Waals surface area contributed by atoms with Gasteiger partial charge >= 0.3 is 0 Å². The first-order valence-corrected chi connectivity index (χ1v) is 9.71. The van der Waals surface area contributed by atoms with Crippen molar-refractivity contribution in [2.75, 3.05) is 18.0 Å². The van der Waals surface area contributed by atoms with Crippen LogP contribution in [-0.2, 0) is 11.8 Å². The Morgan fingerprint density at radius 2 is 1.85 bits per heavy atom. The molecule has 0 aromatic heterocycles. The Bertz CT molecular complexity index is 817. The lowest BCUT2D eigenvalue weighted by molar-refractivity contribution is 0.0934. The lowest BCUT2D eigenvalue weighted by atomic mass is 9.86. The van der Waals surface area contributed by atoms with Crippen molar-refractivity contribution in [2.45, 2.75) is 51.5 Å². The number of para-hydroxylation sites is 1. The molecular weight excluding hydrogens is 320 g/mol. The van der Waals surface area contributed by atoms with Crippen LogP contribution in [0.4, 0.5) is 5.69 Å². The summed E-state index contributed by atoms with van der Waals surface area (Å²) >= 11 is 0. The first kappa shape index (κ1) is 17.1. The van der Waals surface area contributed by atoms with Crippen molar-refractivity contribution in [3.63, 3.8) is 0 Å². The highest BCUT2D eigenvalue weighted by Gasteiger charge is 2.30. The molecule has 0 unspecified atom stereocenters. The highest BCUT2D eigenvalue weighted by Crippen LogP contribution is 2.39. The Morgan fingerprint density at radius 1 is 1.08 bits per heavy atom. The number of anilines is 1. The van der Waals surface area contributed by atoms with Crippen LogP contribution in [-0.4, -0.2) is 19.0 Å². The zero-order valence-electron chi connectivity index (χ0n) is 16.0. The first-order valence-electron chi connectivity index (χ1n) is 9.71. The predicted molar refractivity (Wildman–Crippen MR) is 107 cm³/mol. The van der Waals surface area contributed by atoms with Crippen LogP contribution in [0, 0.1) is 0 Å². The number of hydrogen-bond donors (Lipinski definition) is 1. The molecule has 0 saturated carbocycles. The Morgan fingerprint density at radius 3 is 2.58 bits per heavy atom. The summed E-state index contributed by atoms with van der Waals surface area (Å²) < 4.78 is 0. The molecule has 0 bridgehead atoms. The average molecular weight is 348 g/mol. The van der Waals surface area contributed by atoms with Crippen LogP contribution >= 0.6 is 0 Å². The summed E-state index contributed by atoms with van der Waals surface area (Å²) in [6, 6.07) is 14.7. The van der Waals surface area contributed by atoms with E-state index < -0.39 is 0 Å². The summed E-state index contributed by atoms with van der Waals surface area (Å²) in [5.74, 6) is 0.0253. The molecular formula is C23H28N2O. The van der Waals surface area contributed by atoms with Crippen LogP contribution in [0.3, 0.4) is 0 Å². The summed E-state index contributed by atoms with van der Waals surface area (Å²) in [4.78, 5) is 15.3. The second kappa shape index (κ2) is 6.46. The van der Waals surface area contributed by atoms with Crippen molar-refractivity contribution in [1.82, 2.24) is 5.32 Å². The molecule has 3 nitrogen and oxygen atoms in total. The minimum atomic E-state index is 0.0253. The Labute approximate surface area is 156 Å². The number of hydrogen-bond acceptors (Lipinski definition) is 2. The summed E-state index contributed by atoms with van der Waals surface area (Å²) in [5, 5.41) is 3.28. The molecule has 2 aliphatic heterocycles. The number of carbonyl (C=O) groups excluding carboxylic acids is 1. The number of benzene rings is 2. The molecule has 2 aliphatic rings. The molecule has 0 saturated heterocycles. The Kier molecular flexibility index (Phi) is 4.26. The molecule has 4 rings (SSSR count). The molecule has 26 heavy (non-hydrogen) atoms. The SMILES string of the molecule is CC(C)(C)c1ccc(C(=O)N[C@@H]2CCN3CCCc4cccc2c43)cc1. The second-order valence-corrected chi connectivity index (χ2v) is 8.59. The maximum Gasteiger partial charge on any atom is 0.251 e. The van der Waals surface area contributed by atoms with E-state index >= 15 is 0 Å². The lowest BCUT2D eigenvalue weighted by Gasteiger charge is -2.40. The van der Waals surface area contributed by atoms with Gasteiger partial charge in [0, 0.05) is 24.3 Å². The quantitative estimate of drug-likeness (QED) is 0.859. The fourth-order valence-corrected chi connectivity index (χ4v) is 4.23. The third kappa shape index (κ3) is 3.11. The Hall–Kier alpha value is -2.29. The van der Waals surface area contributed by atoms with Gasteiger partial charge in [0.15, 0.2) is 0 Å². The van der Waals surface area contributed by atoms with E-state index in [1.165, 1.54) is 28.8 Å². The smallest absolute Gasteiger partial charge is 0.251 e. The van der Waals surface area contributed by atoms with Gasteiger partial charge in [-0.1, -0.05) is 51.1 Å². The van der Waals surface area contributed by atoms with Crippen LogP contribution in [0.5, 0.6) is 0 Å². The van der Waals surface area contributed by atoms with Crippen LogP contribution in [0.25, 0.3) is 0 Å². The van der Waals surface area contributed by atoms with Crippen molar-refractivity contribution in [2.24, 2.45) is 0 Å². The van der Waals surface area contributed by atoms with Crippen molar-refractivity contribution in [3.8, 4) is 0 Å². The average Bonchev–Trinajstić information content (AvgIpc) is 2.63. The number of amides is 1. The number of aryl methyl sites for hydroxylation is 1. The largest absolute Gasteiger partial charge is 0.371 e. The highest BCUT2D eigenvalue weighted by molar-refractivity contribution is 5.94. The lowest BCUT2D eigenvalue weighted by Crippen LogP contribution is -2.40. The molecule has 0 fully saturated rings. The fourth-order valence-electron chi connectivity index (χ4n) is 4.23. The maximum atomic E-state index is 12.8. The zero-order valence-corrected chi connectivity index (χ0v) is 16.0. The van der Waals surface area contributed by atoms with Crippen molar-refractivity contribution >= 4 is 11.6 Å². The van der Waals surface area contributed by atoms with Gasteiger partial charge in [0.05, 0.1) is 6.04 Å². The number of carbonyl (C=O) groups is 1. The van der Waals surface area contributed by atoms with Gasteiger partial charge < -0.3 is 10.2 Å². The normalized spacial score (nSPS) is 19.0. The number of rotatable bonds is 2. The van der Waals surface area contributed by atoms with Crippen LogP contribution in [0.2, 0.25) is 0 Å². The minimum absolute atomic E-state index is 0.0253. The van der Waals surface area contributed by atoms with E-state index in [0.29, 0.717) is 0 Å². The van der Waals surface area contributed by atoms with E-state index in [4.69, 9.17) is 0 Å². The zero-order chi connectivity index (χ0) is 18.3. The summed E-state index contributed by atoms with van der Waals surface area (Å²) in [6.45, 7) is 8.73. The molecule has 1 N–H and O–H groups in total. The van der Waals surface area contributed by atoms with Gasteiger partial charge in [-0.25, -0.2) is 0 Å². The van der Waals surface area contributed by atoms with Gasteiger partial charge in [-0.3, -0.25) is 4.79 Å². The fraction of sp³-hybridized carbons (Fsp3) is 0.435. The molecule has 136 valence electrons. The second-order valence-electron chi connectivity index (χ2n) is 8.59. The van der Waals surface area contributed by atoms with Crippen LogP contribution < -0.4 is 10.2 Å². The number of nitrogens with one attached hydrogen (secondary N) is 1. The van der Waals surface area contributed by atoms with E-state index in [2.05, 4.69) is 61.3 Å². The van der Waals surface area contributed by atoms with Gasteiger partial charge in [-0.2, -0.15) is 0 Å². The molecule has 0 radical (unpaired) electrons. The van der Waals surface area contributed by atoms with Crippen molar-refractivity contribution < 1.29 is 4.79 Å². The van der Waals surface area contributed by atoms with Gasteiger partial charge in [0.25, 0.3) is 5.91 Å². The van der Waals surface area contributed by atoms with E-state index in [0.717, 1.165) is 31.5 Å². The molecule has 3 heteroatoms. The predicted octanol–water partition coefficient (Wildman–Crippen LogP) is 4.61. The molecule has 1 amide bonds. The molecule has 2 aromatic carbocycles. The van der Waals surface area contributed by atoms with Crippen LogP contribution in [0.1, 0.15) is 66.7 Å². The van der Waals surface area contributed by atoms with E-state index in [1.807, 2.05) is 12.1 Å². The molecule has 1 atom stereocenters. The van der Waals surface area contributed by atoms with Gasteiger partial charge in [0.2, 0.25) is 0 Å². The molecule has 2 heterocycles. The molecule has 2 aromatic rings. The monoisotopic (exact) mass is 348 g/mol.